The van der Waals surface area contributed by atoms with Crippen LogP contribution in [0.5, 0.6) is 0 Å². The van der Waals surface area contributed by atoms with E-state index in [1.165, 1.54) is 18.4 Å². The largest absolute Gasteiger partial charge is 0.197 e. The molecular formula is C9H14S. The van der Waals surface area contributed by atoms with E-state index in [9.17, 15) is 0 Å². The SMILES string of the molecule is CCCc1ccccc1.S. The molecule has 0 saturated carbocycles. The lowest BCUT2D eigenvalue weighted by Gasteiger charge is -1.93. The van der Waals surface area contributed by atoms with Crippen LogP contribution in [0.4, 0.5) is 0 Å². The van der Waals surface area contributed by atoms with Crippen LogP contribution in [-0.4, -0.2) is 0 Å². The van der Waals surface area contributed by atoms with Crippen LogP contribution in [-0.2, 0) is 6.42 Å². The highest BCUT2D eigenvalue weighted by atomic mass is 32.1. The highest BCUT2D eigenvalue weighted by Crippen LogP contribution is 2.00. The molecule has 0 spiro atoms. The van der Waals surface area contributed by atoms with E-state index >= 15 is 0 Å². The van der Waals surface area contributed by atoms with Crippen molar-refractivity contribution in [2.75, 3.05) is 0 Å². The molecule has 0 aromatic heterocycles. The molecule has 0 fully saturated rings. The summed E-state index contributed by atoms with van der Waals surface area (Å²) in [5.41, 5.74) is 1.44. The summed E-state index contributed by atoms with van der Waals surface area (Å²) in [5.74, 6) is 0. The van der Waals surface area contributed by atoms with Crippen LogP contribution in [0.1, 0.15) is 18.9 Å². The molecule has 0 bridgehead atoms. The summed E-state index contributed by atoms with van der Waals surface area (Å²) in [5, 5.41) is 0. The van der Waals surface area contributed by atoms with Crippen LogP contribution in [0, 0.1) is 0 Å². The van der Waals surface area contributed by atoms with Crippen LogP contribution in [0.2, 0.25) is 0 Å². The topological polar surface area (TPSA) is 0 Å². The van der Waals surface area contributed by atoms with Crippen molar-refractivity contribution in [3.8, 4) is 0 Å². The number of rotatable bonds is 2. The molecular weight excluding hydrogens is 140 g/mol. The summed E-state index contributed by atoms with van der Waals surface area (Å²) < 4.78 is 0. The molecule has 0 aliphatic carbocycles. The second-order valence-electron chi connectivity index (χ2n) is 2.24. The highest BCUT2D eigenvalue weighted by Gasteiger charge is 1.84. The molecule has 0 radical (unpaired) electrons. The maximum absolute atomic E-state index is 2.20. The first-order valence-corrected chi connectivity index (χ1v) is 3.47. The monoisotopic (exact) mass is 154 g/mol. The zero-order valence-electron chi connectivity index (χ0n) is 6.30. The maximum atomic E-state index is 2.20. The van der Waals surface area contributed by atoms with Gasteiger partial charge < -0.3 is 0 Å². The first-order valence-electron chi connectivity index (χ1n) is 3.47. The van der Waals surface area contributed by atoms with Crippen molar-refractivity contribution < 1.29 is 0 Å². The van der Waals surface area contributed by atoms with Crippen molar-refractivity contribution in [2.24, 2.45) is 0 Å². The predicted molar refractivity (Wildman–Crippen MR) is 50.8 cm³/mol. The van der Waals surface area contributed by atoms with Crippen molar-refractivity contribution in [1.82, 2.24) is 0 Å². The molecule has 0 heterocycles. The molecule has 1 aromatic rings. The molecule has 1 heteroatoms. The Labute approximate surface area is 69.7 Å². The van der Waals surface area contributed by atoms with Crippen molar-refractivity contribution in [3.63, 3.8) is 0 Å². The van der Waals surface area contributed by atoms with Gasteiger partial charge in [0.2, 0.25) is 0 Å². The summed E-state index contributed by atoms with van der Waals surface area (Å²) in [6.45, 7) is 2.20. The number of benzene rings is 1. The zero-order chi connectivity index (χ0) is 6.53. The molecule has 0 unspecified atom stereocenters. The molecule has 0 aliphatic rings. The molecule has 0 atom stereocenters. The highest BCUT2D eigenvalue weighted by molar-refractivity contribution is 7.59. The maximum Gasteiger partial charge on any atom is -0.0281 e. The third-order valence-electron chi connectivity index (χ3n) is 1.38. The van der Waals surface area contributed by atoms with Gasteiger partial charge in [-0.1, -0.05) is 43.7 Å². The molecule has 0 aliphatic heterocycles. The second kappa shape index (κ2) is 5.36. The van der Waals surface area contributed by atoms with Gasteiger partial charge in [-0.3, -0.25) is 0 Å². The van der Waals surface area contributed by atoms with E-state index in [0.29, 0.717) is 0 Å². The van der Waals surface area contributed by atoms with E-state index in [1.807, 2.05) is 0 Å². The number of hydrogen-bond donors (Lipinski definition) is 0. The van der Waals surface area contributed by atoms with Crippen molar-refractivity contribution in [3.05, 3.63) is 35.9 Å². The normalized spacial score (nSPS) is 8.50. The van der Waals surface area contributed by atoms with Crippen LogP contribution in [0.3, 0.4) is 0 Å². The summed E-state index contributed by atoms with van der Waals surface area (Å²) >= 11 is 0. The van der Waals surface area contributed by atoms with Crippen LogP contribution < -0.4 is 0 Å². The Morgan fingerprint density at radius 3 is 2.20 bits per heavy atom. The van der Waals surface area contributed by atoms with E-state index in [1.54, 1.807) is 0 Å². The summed E-state index contributed by atoms with van der Waals surface area (Å²) in [6.07, 6.45) is 2.45. The Bertz CT molecular complexity index is 158. The summed E-state index contributed by atoms with van der Waals surface area (Å²) in [7, 11) is 0. The molecule has 56 valence electrons. The third-order valence-corrected chi connectivity index (χ3v) is 1.38. The Morgan fingerprint density at radius 2 is 1.70 bits per heavy atom. The van der Waals surface area contributed by atoms with Gasteiger partial charge in [-0.2, -0.15) is 13.5 Å². The van der Waals surface area contributed by atoms with Crippen LogP contribution >= 0.6 is 13.5 Å². The molecule has 10 heavy (non-hydrogen) atoms. The van der Waals surface area contributed by atoms with Crippen molar-refractivity contribution in [1.29, 1.82) is 0 Å². The molecule has 1 aromatic carbocycles. The molecule has 0 nitrogen and oxygen atoms in total. The lowest BCUT2D eigenvalue weighted by molar-refractivity contribution is 0.922. The average molecular weight is 154 g/mol. The Morgan fingerprint density at radius 1 is 1.10 bits per heavy atom. The smallest absolute Gasteiger partial charge is 0.0281 e. The van der Waals surface area contributed by atoms with E-state index in [4.69, 9.17) is 0 Å². The fourth-order valence-electron chi connectivity index (χ4n) is 0.933. The predicted octanol–water partition coefficient (Wildman–Crippen LogP) is 2.75. The van der Waals surface area contributed by atoms with Crippen LogP contribution in [0.25, 0.3) is 0 Å². The Balaban J connectivity index is 0.000000810. The van der Waals surface area contributed by atoms with Gasteiger partial charge in [0.15, 0.2) is 0 Å². The van der Waals surface area contributed by atoms with Crippen molar-refractivity contribution >= 4 is 13.5 Å². The van der Waals surface area contributed by atoms with Crippen LogP contribution in [0.15, 0.2) is 30.3 Å². The summed E-state index contributed by atoms with van der Waals surface area (Å²) in [4.78, 5) is 0. The Hall–Kier alpha value is -0.430. The van der Waals surface area contributed by atoms with E-state index in [-0.39, 0.29) is 13.5 Å². The standard InChI is InChI=1S/C9H12.H2S/c1-2-6-9-7-4-3-5-8-9;/h3-5,7-8H,2,6H2,1H3;1H2. The van der Waals surface area contributed by atoms with E-state index in [2.05, 4.69) is 37.3 Å². The second-order valence-corrected chi connectivity index (χ2v) is 2.24. The molecule has 0 amide bonds. The number of aryl methyl sites for hydroxylation is 1. The molecule has 0 N–H and O–H groups in total. The summed E-state index contributed by atoms with van der Waals surface area (Å²) in [6, 6.07) is 10.6. The van der Waals surface area contributed by atoms with E-state index < -0.39 is 0 Å². The average Bonchev–Trinajstić information content (AvgIpc) is 1.91. The first kappa shape index (κ1) is 9.57. The van der Waals surface area contributed by atoms with Crippen molar-refractivity contribution in [2.45, 2.75) is 19.8 Å². The fraction of sp³-hybridized carbons (Fsp3) is 0.333. The quantitative estimate of drug-likeness (QED) is 0.614. The zero-order valence-corrected chi connectivity index (χ0v) is 7.30. The molecule has 1 rings (SSSR count). The van der Waals surface area contributed by atoms with Gasteiger partial charge in [0.25, 0.3) is 0 Å². The van der Waals surface area contributed by atoms with Gasteiger partial charge in [-0.05, 0) is 12.0 Å². The minimum atomic E-state index is 0. The van der Waals surface area contributed by atoms with Gasteiger partial charge in [0.1, 0.15) is 0 Å². The van der Waals surface area contributed by atoms with Gasteiger partial charge in [0, 0.05) is 0 Å². The minimum Gasteiger partial charge on any atom is -0.197 e. The minimum absolute atomic E-state index is 0. The fourth-order valence-corrected chi connectivity index (χ4v) is 0.933. The van der Waals surface area contributed by atoms with Gasteiger partial charge in [-0.15, -0.1) is 0 Å². The Kier molecular flexibility index (Phi) is 5.13. The lowest BCUT2D eigenvalue weighted by atomic mass is 10.1. The first-order chi connectivity index (χ1) is 4.43. The van der Waals surface area contributed by atoms with Gasteiger partial charge in [0.05, 0.1) is 0 Å². The van der Waals surface area contributed by atoms with E-state index in [0.717, 1.165) is 0 Å². The molecule has 0 saturated heterocycles. The third kappa shape index (κ3) is 2.92. The lowest BCUT2D eigenvalue weighted by Crippen LogP contribution is -1.78. The van der Waals surface area contributed by atoms with Gasteiger partial charge in [-0.25, -0.2) is 0 Å². The van der Waals surface area contributed by atoms with Gasteiger partial charge >= 0.3 is 0 Å². The number of hydrogen-bond acceptors (Lipinski definition) is 0.